The van der Waals surface area contributed by atoms with Gasteiger partial charge < -0.3 is 15.1 Å². The molecule has 1 heterocycles. The lowest BCUT2D eigenvalue weighted by molar-refractivity contribution is -0.137. The minimum absolute atomic E-state index is 0.0722. The first-order valence-corrected chi connectivity index (χ1v) is 7.42. The number of carbonyl (C=O) groups is 2. The second-order valence-corrected chi connectivity index (χ2v) is 5.55. The number of halogens is 1. The Labute approximate surface area is 129 Å². The van der Waals surface area contributed by atoms with E-state index in [0.717, 1.165) is 5.56 Å². The molecule has 6 heteroatoms. The summed E-state index contributed by atoms with van der Waals surface area (Å²) in [7, 11) is 0. The van der Waals surface area contributed by atoms with Crippen LogP contribution in [-0.2, 0) is 16.1 Å². The molecule has 0 spiro atoms. The second kappa shape index (κ2) is 7.43. The lowest BCUT2D eigenvalue weighted by Gasteiger charge is -2.34. The first kappa shape index (κ1) is 15.8. The van der Waals surface area contributed by atoms with E-state index in [0.29, 0.717) is 44.3 Å². The third-order valence-electron chi connectivity index (χ3n) is 3.60. The minimum atomic E-state index is 0.0722. The fourth-order valence-corrected chi connectivity index (χ4v) is 2.42. The van der Waals surface area contributed by atoms with Crippen molar-refractivity contribution in [3.8, 4) is 0 Å². The van der Waals surface area contributed by atoms with E-state index in [1.807, 2.05) is 24.3 Å². The smallest absolute Gasteiger partial charge is 0.236 e. The van der Waals surface area contributed by atoms with Gasteiger partial charge in [0.15, 0.2) is 0 Å². The van der Waals surface area contributed by atoms with E-state index < -0.39 is 0 Å². The van der Waals surface area contributed by atoms with Crippen molar-refractivity contribution in [3.05, 3.63) is 34.9 Å². The van der Waals surface area contributed by atoms with Gasteiger partial charge >= 0.3 is 0 Å². The summed E-state index contributed by atoms with van der Waals surface area (Å²) in [6.45, 7) is 4.97. The van der Waals surface area contributed by atoms with Crippen LogP contribution in [0.1, 0.15) is 12.5 Å². The van der Waals surface area contributed by atoms with Crippen molar-refractivity contribution in [2.75, 3.05) is 32.7 Å². The van der Waals surface area contributed by atoms with Crippen molar-refractivity contribution >= 4 is 23.4 Å². The van der Waals surface area contributed by atoms with Gasteiger partial charge in [0, 0.05) is 44.7 Å². The molecule has 2 rings (SSSR count). The number of amides is 2. The Balaban J connectivity index is 1.70. The molecule has 1 aliphatic heterocycles. The quantitative estimate of drug-likeness (QED) is 0.907. The minimum Gasteiger partial charge on any atom is -0.339 e. The molecule has 1 aromatic rings. The molecule has 0 aliphatic carbocycles. The largest absolute Gasteiger partial charge is 0.339 e. The molecule has 5 nitrogen and oxygen atoms in total. The molecule has 0 unspecified atom stereocenters. The van der Waals surface area contributed by atoms with Gasteiger partial charge in [-0.15, -0.1) is 0 Å². The maximum absolute atomic E-state index is 12.1. The molecule has 1 fully saturated rings. The molecule has 0 atom stereocenters. The van der Waals surface area contributed by atoms with Crippen LogP contribution in [0.5, 0.6) is 0 Å². The Morgan fingerprint density at radius 3 is 2.24 bits per heavy atom. The van der Waals surface area contributed by atoms with Crippen molar-refractivity contribution in [1.29, 1.82) is 0 Å². The number of hydrogen-bond donors (Lipinski definition) is 1. The molecule has 21 heavy (non-hydrogen) atoms. The lowest BCUT2D eigenvalue weighted by atomic mass is 10.2. The van der Waals surface area contributed by atoms with Crippen LogP contribution in [0, 0.1) is 0 Å². The number of benzene rings is 1. The van der Waals surface area contributed by atoms with Gasteiger partial charge in [0.05, 0.1) is 6.54 Å². The topological polar surface area (TPSA) is 52.7 Å². The Hall–Kier alpha value is -1.59. The monoisotopic (exact) mass is 309 g/mol. The van der Waals surface area contributed by atoms with Crippen molar-refractivity contribution in [3.63, 3.8) is 0 Å². The summed E-state index contributed by atoms with van der Waals surface area (Å²) in [6, 6.07) is 7.54. The van der Waals surface area contributed by atoms with E-state index in [-0.39, 0.29) is 11.8 Å². The van der Waals surface area contributed by atoms with Crippen molar-refractivity contribution in [2.45, 2.75) is 13.5 Å². The first-order chi connectivity index (χ1) is 10.1. The number of rotatable bonds is 4. The molecule has 1 saturated heterocycles. The van der Waals surface area contributed by atoms with Crippen LogP contribution in [0.4, 0.5) is 0 Å². The van der Waals surface area contributed by atoms with Gasteiger partial charge in [-0.1, -0.05) is 23.7 Å². The highest BCUT2D eigenvalue weighted by atomic mass is 35.5. The Bertz CT molecular complexity index is 496. The molecule has 0 radical (unpaired) electrons. The van der Waals surface area contributed by atoms with Gasteiger partial charge in [-0.25, -0.2) is 0 Å². The zero-order valence-electron chi connectivity index (χ0n) is 12.1. The highest BCUT2D eigenvalue weighted by Crippen LogP contribution is 2.09. The zero-order chi connectivity index (χ0) is 15.2. The molecular formula is C15H20ClN3O2. The summed E-state index contributed by atoms with van der Waals surface area (Å²) in [4.78, 5) is 26.9. The number of hydrogen-bond acceptors (Lipinski definition) is 3. The van der Waals surface area contributed by atoms with Gasteiger partial charge in [-0.2, -0.15) is 0 Å². The highest BCUT2D eigenvalue weighted by Gasteiger charge is 2.21. The average Bonchev–Trinajstić information content (AvgIpc) is 2.49. The second-order valence-electron chi connectivity index (χ2n) is 5.12. The van der Waals surface area contributed by atoms with Crippen molar-refractivity contribution in [1.82, 2.24) is 15.1 Å². The van der Waals surface area contributed by atoms with Gasteiger partial charge in [-0.3, -0.25) is 9.59 Å². The number of piperazine rings is 1. The van der Waals surface area contributed by atoms with Crippen LogP contribution in [0.3, 0.4) is 0 Å². The molecular weight excluding hydrogens is 290 g/mol. The molecule has 0 bridgehead atoms. The number of nitrogens with one attached hydrogen (secondary N) is 1. The van der Waals surface area contributed by atoms with E-state index in [2.05, 4.69) is 5.32 Å². The van der Waals surface area contributed by atoms with Crippen LogP contribution in [0.25, 0.3) is 0 Å². The average molecular weight is 310 g/mol. The van der Waals surface area contributed by atoms with Crippen molar-refractivity contribution in [2.24, 2.45) is 0 Å². The fourth-order valence-electron chi connectivity index (χ4n) is 2.30. The fraction of sp³-hybridized carbons (Fsp3) is 0.467. The first-order valence-electron chi connectivity index (χ1n) is 7.04. The van der Waals surface area contributed by atoms with Gasteiger partial charge in [0.25, 0.3) is 0 Å². The third-order valence-corrected chi connectivity index (χ3v) is 3.85. The normalized spacial score (nSPS) is 15.1. The van der Waals surface area contributed by atoms with Crippen LogP contribution in [-0.4, -0.2) is 54.3 Å². The molecule has 1 aromatic carbocycles. The standard InChI is InChI=1S/C15H20ClN3O2/c1-12(20)18-6-8-19(9-7-18)15(21)11-17-10-13-2-4-14(16)5-3-13/h2-5,17H,6-11H2,1H3. The molecule has 0 saturated carbocycles. The number of nitrogens with zero attached hydrogens (tertiary/aromatic N) is 2. The van der Waals surface area contributed by atoms with Crippen LogP contribution < -0.4 is 5.32 Å². The summed E-state index contributed by atoms with van der Waals surface area (Å²) in [5.74, 6) is 0.148. The van der Waals surface area contributed by atoms with Gasteiger partial charge in [0.2, 0.25) is 11.8 Å². The zero-order valence-corrected chi connectivity index (χ0v) is 12.9. The van der Waals surface area contributed by atoms with E-state index >= 15 is 0 Å². The van der Waals surface area contributed by atoms with E-state index in [9.17, 15) is 9.59 Å². The molecule has 1 N–H and O–H groups in total. The van der Waals surface area contributed by atoms with E-state index in [1.54, 1.807) is 16.7 Å². The number of carbonyl (C=O) groups excluding carboxylic acids is 2. The van der Waals surface area contributed by atoms with Crippen LogP contribution >= 0.6 is 11.6 Å². The summed E-state index contributed by atoms with van der Waals surface area (Å²) in [5.41, 5.74) is 1.09. The SMILES string of the molecule is CC(=O)N1CCN(C(=O)CNCc2ccc(Cl)cc2)CC1. The summed E-state index contributed by atoms with van der Waals surface area (Å²) >= 11 is 5.82. The Morgan fingerprint density at radius 2 is 1.67 bits per heavy atom. The van der Waals surface area contributed by atoms with E-state index in [1.165, 1.54) is 0 Å². The lowest BCUT2D eigenvalue weighted by Crippen LogP contribution is -2.51. The Kier molecular flexibility index (Phi) is 5.59. The highest BCUT2D eigenvalue weighted by molar-refractivity contribution is 6.30. The predicted molar refractivity (Wildman–Crippen MR) is 82.0 cm³/mol. The maximum atomic E-state index is 12.1. The molecule has 114 valence electrons. The van der Waals surface area contributed by atoms with Crippen molar-refractivity contribution < 1.29 is 9.59 Å². The Morgan fingerprint density at radius 1 is 1.10 bits per heavy atom. The molecule has 1 aliphatic rings. The summed E-state index contributed by atoms with van der Waals surface area (Å²) in [6.07, 6.45) is 0. The maximum Gasteiger partial charge on any atom is 0.236 e. The summed E-state index contributed by atoms with van der Waals surface area (Å²) < 4.78 is 0. The van der Waals surface area contributed by atoms with Crippen LogP contribution in [0.2, 0.25) is 5.02 Å². The third kappa shape index (κ3) is 4.72. The molecule has 0 aromatic heterocycles. The van der Waals surface area contributed by atoms with Gasteiger partial charge in [0.1, 0.15) is 0 Å². The molecule has 2 amide bonds. The summed E-state index contributed by atoms with van der Waals surface area (Å²) in [5, 5.41) is 3.84. The van der Waals surface area contributed by atoms with E-state index in [4.69, 9.17) is 11.6 Å². The van der Waals surface area contributed by atoms with Gasteiger partial charge in [-0.05, 0) is 17.7 Å². The predicted octanol–water partition coefficient (Wildman–Crippen LogP) is 1.12. The van der Waals surface area contributed by atoms with Crippen LogP contribution in [0.15, 0.2) is 24.3 Å².